The first kappa shape index (κ1) is 28.1. The predicted molar refractivity (Wildman–Crippen MR) is 148 cm³/mol. The first-order chi connectivity index (χ1) is 17.9. The lowest BCUT2D eigenvalue weighted by molar-refractivity contribution is -0.00567. The number of nitrogens with zero attached hydrogens (tertiary/aromatic N) is 1. The molecule has 0 bridgehead atoms. The molecule has 0 aromatic heterocycles. The highest BCUT2D eigenvalue weighted by Gasteiger charge is 2.44. The molecule has 3 aromatic carbocycles. The van der Waals surface area contributed by atoms with Crippen molar-refractivity contribution in [3.8, 4) is 0 Å². The molecule has 200 valence electrons. The van der Waals surface area contributed by atoms with E-state index in [0.717, 1.165) is 11.1 Å². The van der Waals surface area contributed by atoms with Crippen molar-refractivity contribution in [1.29, 1.82) is 0 Å². The van der Waals surface area contributed by atoms with Crippen LogP contribution in [0.1, 0.15) is 68.6 Å². The molecule has 0 N–H and O–H groups in total. The van der Waals surface area contributed by atoms with E-state index in [1.165, 1.54) is 13.0 Å². The van der Waals surface area contributed by atoms with Gasteiger partial charge in [-0.25, -0.2) is 8.78 Å². The number of anilines is 1. The highest BCUT2D eigenvalue weighted by molar-refractivity contribution is 6.32. The van der Waals surface area contributed by atoms with Gasteiger partial charge in [-0.2, -0.15) is 0 Å². The SMILES string of the molecule is CC(=O)c1cc(C(O[Si]C(C)(C)C)(c2ccccc2)c2ccccc2)c(N2C[C@@H](C)O[C@@H](C)C2)c(F)c1F. The summed E-state index contributed by atoms with van der Waals surface area (Å²) in [7, 11) is 0.00616. The van der Waals surface area contributed by atoms with Gasteiger partial charge in [-0.1, -0.05) is 81.4 Å². The molecule has 0 saturated carbocycles. The second kappa shape index (κ2) is 11.1. The van der Waals surface area contributed by atoms with Crippen molar-refractivity contribution in [2.24, 2.45) is 0 Å². The Bertz CT molecular complexity index is 1230. The summed E-state index contributed by atoms with van der Waals surface area (Å²) in [6, 6.07) is 20.7. The lowest BCUT2D eigenvalue weighted by Gasteiger charge is -2.43. The van der Waals surface area contributed by atoms with Crippen LogP contribution in [0.15, 0.2) is 66.7 Å². The maximum absolute atomic E-state index is 16.3. The maximum Gasteiger partial charge on any atom is 0.237 e. The van der Waals surface area contributed by atoms with Crippen molar-refractivity contribution < 1.29 is 22.7 Å². The monoisotopic (exact) mass is 535 g/mol. The van der Waals surface area contributed by atoms with Crippen LogP contribution in [-0.2, 0) is 14.8 Å². The second-order valence-corrected chi connectivity index (χ2v) is 12.9. The van der Waals surface area contributed by atoms with Crippen LogP contribution in [0.5, 0.6) is 0 Å². The van der Waals surface area contributed by atoms with Crippen LogP contribution >= 0.6 is 0 Å². The average molecular weight is 536 g/mol. The molecule has 4 nitrogen and oxygen atoms in total. The van der Waals surface area contributed by atoms with Crippen molar-refractivity contribution in [1.82, 2.24) is 0 Å². The van der Waals surface area contributed by atoms with Crippen LogP contribution < -0.4 is 4.90 Å². The first-order valence-corrected chi connectivity index (χ1v) is 13.8. The molecule has 4 rings (SSSR count). The molecule has 0 spiro atoms. The van der Waals surface area contributed by atoms with Crippen LogP contribution in [0, 0.1) is 11.6 Å². The molecule has 3 aromatic rings. The van der Waals surface area contributed by atoms with Crippen molar-refractivity contribution in [2.75, 3.05) is 18.0 Å². The summed E-state index contributed by atoms with van der Waals surface area (Å²) in [5, 5.41) is -0.209. The number of rotatable bonds is 7. The van der Waals surface area contributed by atoms with Gasteiger partial charge in [0.05, 0.1) is 23.5 Å². The molecule has 38 heavy (non-hydrogen) atoms. The summed E-state index contributed by atoms with van der Waals surface area (Å²) < 4.78 is 44.7. The molecule has 1 aliphatic rings. The zero-order valence-corrected chi connectivity index (χ0v) is 23.8. The van der Waals surface area contributed by atoms with Gasteiger partial charge in [-0.3, -0.25) is 4.79 Å². The van der Waals surface area contributed by atoms with Gasteiger partial charge < -0.3 is 14.1 Å². The second-order valence-electron chi connectivity index (χ2n) is 11.0. The minimum Gasteiger partial charge on any atom is -0.400 e. The lowest BCUT2D eigenvalue weighted by Crippen LogP contribution is -2.47. The summed E-state index contributed by atoms with van der Waals surface area (Å²) in [5.41, 5.74) is 0.415. The lowest BCUT2D eigenvalue weighted by atomic mass is 9.78. The van der Waals surface area contributed by atoms with Gasteiger partial charge in [-0.15, -0.1) is 0 Å². The number of hydrogen-bond donors (Lipinski definition) is 0. The predicted octanol–water partition coefficient (Wildman–Crippen LogP) is 6.93. The summed E-state index contributed by atoms with van der Waals surface area (Å²) >= 11 is 0. The number of ether oxygens (including phenoxy) is 1. The molecule has 1 heterocycles. The Morgan fingerprint density at radius 2 is 1.42 bits per heavy atom. The van der Waals surface area contributed by atoms with Gasteiger partial charge in [0.25, 0.3) is 0 Å². The van der Waals surface area contributed by atoms with E-state index in [9.17, 15) is 4.79 Å². The van der Waals surface area contributed by atoms with Gasteiger partial charge in [0.15, 0.2) is 17.4 Å². The topological polar surface area (TPSA) is 38.8 Å². The fraction of sp³-hybridized carbons (Fsp3) is 0.387. The molecule has 1 aliphatic heterocycles. The minimum absolute atomic E-state index is 0.00616. The Morgan fingerprint density at radius 1 is 0.921 bits per heavy atom. The number of hydrogen-bond acceptors (Lipinski definition) is 4. The summed E-state index contributed by atoms with van der Waals surface area (Å²) in [4.78, 5) is 14.4. The van der Waals surface area contributed by atoms with Crippen LogP contribution in [0.2, 0.25) is 5.04 Å². The van der Waals surface area contributed by atoms with Gasteiger partial charge in [0.1, 0.15) is 5.60 Å². The normalized spacial score (nSPS) is 18.5. The van der Waals surface area contributed by atoms with Crippen LogP contribution in [0.25, 0.3) is 0 Å². The molecule has 0 amide bonds. The summed E-state index contributed by atoms with van der Waals surface area (Å²) in [6.07, 6.45) is -0.386. The molecule has 0 unspecified atom stereocenters. The molecule has 1 fully saturated rings. The molecule has 0 aliphatic carbocycles. The van der Waals surface area contributed by atoms with E-state index in [1.54, 1.807) is 0 Å². The van der Waals surface area contributed by atoms with Crippen molar-refractivity contribution in [3.63, 3.8) is 0 Å². The van der Waals surface area contributed by atoms with Crippen LogP contribution in [0.3, 0.4) is 0 Å². The minimum atomic E-state index is -1.31. The molecular weight excluding hydrogens is 500 g/mol. The van der Waals surface area contributed by atoms with E-state index in [0.29, 0.717) is 18.7 Å². The zero-order valence-electron chi connectivity index (χ0n) is 22.8. The number of carbonyl (C=O) groups is 1. The van der Waals surface area contributed by atoms with E-state index in [-0.39, 0.29) is 38.3 Å². The molecule has 1 saturated heterocycles. The Morgan fingerprint density at radius 3 is 1.87 bits per heavy atom. The highest BCUT2D eigenvalue weighted by atomic mass is 28.2. The number of halogens is 2. The van der Waals surface area contributed by atoms with E-state index in [2.05, 4.69) is 20.8 Å². The van der Waals surface area contributed by atoms with Gasteiger partial charge in [0.2, 0.25) is 9.76 Å². The quantitative estimate of drug-likeness (QED) is 0.187. The molecule has 2 radical (unpaired) electrons. The van der Waals surface area contributed by atoms with Crippen molar-refractivity contribution in [2.45, 2.75) is 64.4 Å². The molecule has 7 heteroatoms. The van der Waals surface area contributed by atoms with Crippen LogP contribution in [-0.4, -0.2) is 40.8 Å². The standard InChI is InChI=1S/C31H35F2NO3Si/c1-20-18-34(19-21(2)36-20)29-26(17-25(22(3)35)27(32)28(29)33)31(37-38-30(4,5)6,23-13-9-7-10-14-23)24-15-11-8-12-16-24/h7-17,20-21H,18-19H2,1-6H3/t20-,21+. The van der Waals surface area contributed by atoms with E-state index in [4.69, 9.17) is 9.16 Å². The number of morpholine rings is 1. The summed E-state index contributed by atoms with van der Waals surface area (Å²) in [5.74, 6) is -2.74. The Kier molecular flexibility index (Phi) is 8.21. The largest absolute Gasteiger partial charge is 0.400 e. The third kappa shape index (κ3) is 5.60. The summed E-state index contributed by atoms with van der Waals surface area (Å²) in [6.45, 7) is 12.0. The van der Waals surface area contributed by atoms with Crippen molar-refractivity contribution in [3.05, 3.63) is 101 Å². The highest BCUT2D eigenvalue weighted by Crippen LogP contribution is 2.48. The third-order valence-corrected chi connectivity index (χ3v) is 7.57. The Balaban J connectivity index is 2.14. The Labute approximate surface area is 226 Å². The molecule has 2 atom stereocenters. The van der Waals surface area contributed by atoms with Gasteiger partial charge in [0, 0.05) is 18.7 Å². The number of carbonyl (C=O) groups excluding carboxylic acids is 1. The fourth-order valence-corrected chi connectivity index (χ4v) is 5.84. The van der Waals surface area contributed by atoms with E-state index >= 15 is 8.78 Å². The number of Topliss-reactive ketones (excluding diaryl/α,β-unsaturated/α-hetero) is 1. The maximum atomic E-state index is 16.3. The number of benzene rings is 3. The van der Waals surface area contributed by atoms with E-state index < -0.39 is 23.0 Å². The van der Waals surface area contributed by atoms with E-state index in [1.807, 2.05) is 79.4 Å². The number of ketones is 1. The van der Waals surface area contributed by atoms with Crippen molar-refractivity contribution >= 4 is 21.2 Å². The fourth-order valence-electron chi connectivity index (χ4n) is 5.04. The smallest absolute Gasteiger partial charge is 0.237 e. The average Bonchev–Trinajstić information content (AvgIpc) is 2.86. The Hall–Kier alpha value is -2.87. The van der Waals surface area contributed by atoms with Gasteiger partial charge >= 0.3 is 0 Å². The van der Waals surface area contributed by atoms with Gasteiger partial charge in [-0.05, 0) is 43.0 Å². The third-order valence-electron chi connectivity index (χ3n) is 6.55. The first-order valence-electron chi connectivity index (χ1n) is 12.9. The van der Waals surface area contributed by atoms with Crippen LogP contribution in [0.4, 0.5) is 14.5 Å². The molecular formula is C31H35F2NO3Si. The zero-order chi connectivity index (χ0) is 27.7.